The van der Waals surface area contributed by atoms with Crippen molar-refractivity contribution in [1.82, 2.24) is 15.2 Å². The Labute approximate surface area is 113 Å². The first-order valence-corrected chi connectivity index (χ1v) is 7.67. The molecule has 0 radical (unpaired) electrons. The predicted molar refractivity (Wildman–Crippen MR) is 74.9 cm³/mol. The molecule has 5 heteroatoms. The zero-order valence-electron chi connectivity index (χ0n) is 11.1. The molecule has 0 spiro atoms. The van der Waals surface area contributed by atoms with Crippen molar-refractivity contribution in [3.8, 4) is 0 Å². The van der Waals surface area contributed by atoms with Crippen molar-refractivity contribution in [3.05, 3.63) is 16.6 Å². The number of rotatable bonds is 7. The van der Waals surface area contributed by atoms with Crippen molar-refractivity contribution >= 4 is 11.3 Å². The largest absolute Gasteiger partial charge is 0.378 e. The van der Waals surface area contributed by atoms with Crippen LogP contribution in [0.2, 0.25) is 0 Å². The van der Waals surface area contributed by atoms with Gasteiger partial charge in [-0.1, -0.05) is 0 Å². The summed E-state index contributed by atoms with van der Waals surface area (Å²) in [5.41, 5.74) is 3.06. The number of nitrogens with one attached hydrogen (secondary N) is 1. The van der Waals surface area contributed by atoms with Gasteiger partial charge >= 0.3 is 0 Å². The number of nitrogens with zero attached hydrogens (tertiary/aromatic N) is 2. The maximum atomic E-state index is 5.89. The van der Waals surface area contributed by atoms with E-state index in [1.807, 2.05) is 5.51 Å². The van der Waals surface area contributed by atoms with Crippen LogP contribution in [0.15, 0.2) is 10.9 Å². The fraction of sp³-hybridized carbons (Fsp3) is 0.769. The van der Waals surface area contributed by atoms with Gasteiger partial charge in [0.05, 0.1) is 17.3 Å². The van der Waals surface area contributed by atoms with Crippen LogP contribution in [-0.2, 0) is 11.3 Å². The van der Waals surface area contributed by atoms with Gasteiger partial charge in [-0.25, -0.2) is 4.98 Å². The monoisotopic (exact) mass is 269 g/mol. The van der Waals surface area contributed by atoms with Crippen molar-refractivity contribution in [1.29, 1.82) is 0 Å². The first kappa shape index (κ1) is 13.9. The van der Waals surface area contributed by atoms with Gasteiger partial charge in [0.15, 0.2) is 0 Å². The van der Waals surface area contributed by atoms with E-state index in [1.54, 1.807) is 11.3 Å². The number of hydrogen-bond donors (Lipinski definition) is 1. The van der Waals surface area contributed by atoms with Gasteiger partial charge in [-0.15, -0.1) is 11.3 Å². The summed E-state index contributed by atoms with van der Waals surface area (Å²) >= 11 is 1.66. The molecule has 18 heavy (non-hydrogen) atoms. The highest BCUT2D eigenvalue weighted by molar-refractivity contribution is 7.07. The molecule has 4 nitrogen and oxygen atoms in total. The number of aromatic nitrogens is 1. The summed E-state index contributed by atoms with van der Waals surface area (Å²) in [7, 11) is 2.14. The van der Waals surface area contributed by atoms with Crippen molar-refractivity contribution in [2.24, 2.45) is 0 Å². The zero-order chi connectivity index (χ0) is 12.6. The first-order valence-electron chi connectivity index (χ1n) is 6.72. The average Bonchev–Trinajstić information content (AvgIpc) is 2.89. The smallest absolute Gasteiger partial charge is 0.0795 e. The second-order valence-electron chi connectivity index (χ2n) is 4.89. The minimum Gasteiger partial charge on any atom is -0.378 e. The van der Waals surface area contributed by atoms with Crippen molar-refractivity contribution < 1.29 is 4.74 Å². The number of ether oxygens (including phenoxy) is 1. The molecule has 2 heterocycles. The van der Waals surface area contributed by atoms with Crippen LogP contribution in [0.4, 0.5) is 0 Å². The Kier molecular flexibility index (Phi) is 6.07. The number of thiazole rings is 1. The summed E-state index contributed by atoms with van der Waals surface area (Å²) in [5, 5.41) is 5.47. The summed E-state index contributed by atoms with van der Waals surface area (Å²) in [4.78, 5) is 6.60. The molecule has 1 saturated heterocycles. The topological polar surface area (TPSA) is 37.4 Å². The van der Waals surface area contributed by atoms with E-state index in [9.17, 15) is 0 Å². The minimum absolute atomic E-state index is 0.482. The lowest BCUT2D eigenvalue weighted by atomic mass is 10.1. The lowest BCUT2D eigenvalue weighted by Crippen LogP contribution is -2.33. The van der Waals surface area contributed by atoms with Crippen molar-refractivity contribution in [2.75, 3.05) is 33.3 Å². The highest BCUT2D eigenvalue weighted by atomic mass is 32.1. The van der Waals surface area contributed by atoms with Gasteiger partial charge in [-0.2, -0.15) is 0 Å². The molecule has 1 N–H and O–H groups in total. The normalized spacial score (nSPS) is 17.4. The molecule has 1 fully saturated rings. The van der Waals surface area contributed by atoms with Gasteiger partial charge in [-0.3, -0.25) is 0 Å². The molecule has 0 aromatic carbocycles. The molecule has 102 valence electrons. The lowest BCUT2D eigenvalue weighted by Gasteiger charge is -2.23. The predicted octanol–water partition coefficient (Wildman–Crippen LogP) is 1.73. The first-order chi connectivity index (χ1) is 8.84. The third kappa shape index (κ3) is 5.02. The molecular weight excluding hydrogens is 246 g/mol. The van der Waals surface area contributed by atoms with Crippen LogP contribution in [0, 0.1) is 0 Å². The van der Waals surface area contributed by atoms with E-state index in [0.717, 1.165) is 52.0 Å². The quantitative estimate of drug-likeness (QED) is 0.765. The van der Waals surface area contributed by atoms with Gasteiger partial charge < -0.3 is 15.0 Å². The van der Waals surface area contributed by atoms with Crippen LogP contribution < -0.4 is 5.32 Å². The molecule has 1 aliphatic rings. The maximum absolute atomic E-state index is 5.89. The Hall–Kier alpha value is -0.490. The van der Waals surface area contributed by atoms with Crippen molar-refractivity contribution in [2.45, 2.75) is 31.9 Å². The van der Waals surface area contributed by atoms with E-state index in [4.69, 9.17) is 4.74 Å². The van der Waals surface area contributed by atoms with Gasteiger partial charge in [0.25, 0.3) is 0 Å². The standard InChI is InChI=1S/C13H23N3OS/c1-16(9-12-10-18-11-15-12)7-2-8-17-13-3-5-14-6-4-13/h10-11,13-14H,2-9H2,1H3. The molecule has 0 saturated carbocycles. The minimum atomic E-state index is 0.482. The number of hydrogen-bond acceptors (Lipinski definition) is 5. The Bertz CT molecular complexity index is 312. The van der Waals surface area contributed by atoms with Crippen LogP contribution in [0.5, 0.6) is 0 Å². The average molecular weight is 269 g/mol. The van der Waals surface area contributed by atoms with E-state index >= 15 is 0 Å². The van der Waals surface area contributed by atoms with Gasteiger partial charge in [0.1, 0.15) is 0 Å². The van der Waals surface area contributed by atoms with E-state index in [0.29, 0.717) is 6.10 Å². The van der Waals surface area contributed by atoms with E-state index < -0.39 is 0 Å². The fourth-order valence-electron chi connectivity index (χ4n) is 2.22. The second kappa shape index (κ2) is 7.84. The molecule has 2 rings (SSSR count). The highest BCUT2D eigenvalue weighted by Crippen LogP contribution is 2.08. The van der Waals surface area contributed by atoms with Gasteiger partial charge in [0, 0.05) is 25.1 Å². The molecule has 0 unspecified atom stereocenters. The van der Waals surface area contributed by atoms with Crippen LogP contribution in [-0.4, -0.2) is 49.3 Å². The Morgan fingerprint density at radius 1 is 1.50 bits per heavy atom. The van der Waals surface area contributed by atoms with Crippen LogP contribution >= 0.6 is 11.3 Å². The van der Waals surface area contributed by atoms with Gasteiger partial charge in [0.2, 0.25) is 0 Å². The summed E-state index contributed by atoms with van der Waals surface area (Å²) in [5.74, 6) is 0. The van der Waals surface area contributed by atoms with Crippen LogP contribution in [0.3, 0.4) is 0 Å². The van der Waals surface area contributed by atoms with Gasteiger partial charge in [-0.05, 0) is 39.4 Å². The molecule has 0 aliphatic carbocycles. The van der Waals surface area contributed by atoms with Crippen LogP contribution in [0.1, 0.15) is 25.0 Å². The molecular formula is C13H23N3OS. The van der Waals surface area contributed by atoms with Crippen molar-refractivity contribution in [3.63, 3.8) is 0 Å². The lowest BCUT2D eigenvalue weighted by molar-refractivity contribution is 0.0284. The van der Waals surface area contributed by atoms with E-state index in [1.165, 1.54) is 5.69 Å². The molecule has 1 aromatic heterocycles. The Balaban J connectivity index is 1.52. The maximum Gasteiger partial charge on any atom is 0.0795 e. The van der Waals surface area contributed by atoms with Crippen LogP contribution in [0.25, 0.3) is 0 Å². The summed E-state index contributed by atoms with van der Waals surface area (Å²) in [6.07, 6.45) is 3.91. The number of piperidine rings is 1. The van der Waals surface area contributed by atoms with E-state index in [2.05, 4.69) is 27.6 Å². The molecule has 0 amide bonds. The fourth-order valence-corrected chi connectivity index (χ4v) is 2.77. The second-order valence-corrected chi connectivity index (χ2v) is 5.61. The third-order valence-electron chi connectivity index (χ3n) is 3.24. The third-order valence-corrected chi connectivity index (χ3v) is 3.87. The molecule has 0 bridgehead atoms. The highest BCUT2D eigenvalue weighted by Gasteiger charge is 2.12. The zero-order valence-corrected chi connectivity index (χ0v) is 11.9. The SMILES string of the molecule is CN(CCCOC1CCNCC1)Cc1cscn1. The molecule has 1 aliphatic heterocycles. The Morgan fingerprint density at radius 2 is 2.33 bits per heavy atom. The van der Waals surface area contributed by atoms with E-state index in [-0.39, 0.29) is 0 Å². The molecule has 0 atom stereocenters. The summed E-state index contributed by atoms with van der Waals surface area (Å²) < 4.78 is 5.89. The Morgan fingerprint density at radius 3 is 3.06 bits per heavy atom. The summed E-state index contributed by atoms with van der Waals surface area (Å²) in [6, 6.07) is 0. The summed E-state index contributed by atoms with van der Waals surface area (Å²) in [6.45, 7) is 5.11. The molecule has 1 aromatic rings.